The van der Waals surface area contributed by atoms with Crippen molar-refractivity contribution in [1.82, 2.24) is 20.3 Å². The molecule has 12 heteroatoms. The molecule has 4 N–H and O–H groups in total. The predicted octanol–water partition coefficient (Wildman–Crippen LogP) is 3.31. The van der Waals surface area contributed by atoms with E-state index in [2.05, 4.69) is 51.7 Å². The Hall–Kier alpha value is -3.67. The Morgan fingerprint density at radius 1 is 1.32 bits per heavy atom. The fourth-order valence-electron chi connectivity index (χ4n) is 3.14. The van der Waals surface area contributed by atoms with Crippen LogP contribution in [0.25, 0.3) is 0 Å². The highest BCUT2D eigenvalue weighted by atomic mass is 79.9. The molecule has 34 heavy (non-hydrogen) atoms. The van der Waals surface area contributed by atoms with E-state index in [-0.39, 0.29) is 23.9 Å². The van der Waals surface area contributed by atoms with Crippen LogP contribution < -0.4 is 16.4 Å². The Balaban J connectivity index is 0.00000158. The number of carbonyl (C=O) groups excluding carboxylic acids is 2. The molecule has 0 aliphatic carbocycles. The third-order valence-corrected chi connectivity index (χ3v) is 5.21. The Morgan fingerprint density at radius 3 is 2.82 bits per heavy atom. The summed E-state index contributed by atoms with van der Waals surface area (Å²) in [5, 5.41) is 9.55. The molecule has 0 spiro atoms. The van der Waals surface area contributed by atoms with Crippen molar-refractivity contribution < 1.29 is 14.4 Å². The van der Waals surface area contributed by atoms with E-state index >= 15 is 0 Å². The van der Waals surface area contributed by atoms with E-state index in [9.17, 15) is 9.59 Å². The van der Waals surface area contributed by atoms with Crippen LogP contribution in [0.3, 0.4) is 0 Å². The molecule has 0 aromatic carbocycles. The number of hydrogen-bond acceptors (Lipinski definition) is 9. The number of nitrogens with one attached hydrogen (secondary N) is 2. The molecule has 1 atom stereocenters. The number of pyridine rings is 1. The van der Waals surface area contributed by atoms with Crippen molar-refractivity contribution in [2.45, 2.75) is 46.1 Å². The lowest BCUT2D eigenvalue weighted by Gasteiger charge is -2.20. The number of nitrogen functional groups attached to an aromatic ring is 1. The van der Waals surface area contributed by atoms with Gasteiger partial charge in [-0.15, -0.1) is 0 Å². The van der Waals surface area contributed by atoms with Gasteiger partial charge in [-0.2, -0.15) is 0 Å². The number of allylic oxidation sites excluding steroid dienone is 1. The van der Waals surface area contributed by atoms with Crippen molar-refractivity contribution in [3.63, 3.8) is 0 Å². The number of oxime groups is 1. The summed E-state index contributed by atoms with van der Waals surface area (Å²) < 4.78 is 0.767. The topological polar surface area (TPSA) is 157 Å². The number of fused-ring (bicyclic) bond motifs is 1. The average Bonchev–Trinajstić information content (AvgIpc) is 2.84. The number of anilines is 2. The molecule has 2 aromatic heterocycles. The highest BCUT2D eigenvalue weighted by Gasteiger charge is 2.25. The number of carbonyl (C=O) groups is 2. The normalized spacial score (nSPS) is 15.6. The van der Waals surface area contributed by atoms with Gasteiger partial charge < -0.3 is 21.2 Å². The average molecular weight is 529 g/mol. The van der Waals surface area contributed by atoms with E-state index < -0.39 is 6.04 Å². The first kappa shape index (κ1) is 25.0. The van der Waals surface area contributed by atoms with Gasteiger partial charge >= 0.3 is 0 Å². The monoisotopic (exact) mass is 528 g/mol. The van der Waals surface area contributed by atoms with Gasteiger partial charge in [0.2, 0.25) is 5.91 Å². The lowest BCUT2D eigenvalue weighted by molar-refractivity contribution is -0.116. The lowest BCUT2D eigenvalue weighted by atomic mass is 10.0. The minimum Gasteiger partial charge on any atom is -0.396 e. The van der Waals surface area contributed by atoms with Gasteiger partial charge in [-0.25, -0.2) is 19.9 Å². The Labute approximate surface area is 205 Å². The van der Waals surface area contributed by atoms with Crippen LogP contribution in [0.2, 0.25) is 0 Å². The number of halogens is 1. The molecule has 4 rings (SSSR count). The molecule has 0 fully saturated rings. The summed E-state index contributed by atoms with van der Waals surface area (Å²) in [7, 11) is 0. The Kier molecular flexibility index (Phi) is 8.41. The van der Waals surface area contributed by atoms with Crippen LogP contribution in [-0.4, -0.2) is 44.7 Å². The summed E-state index contributed by atoms with van der Waals surface area (Å²) in [6.07, 6.45) is 7.35. The maximum atomic E-state index is 12.8. The fraction of sp³-hybridized carbons (Fsp3) is 0.318. The first-order valence-corrected chi connectivity index (χ1v) is 11.5. The SMILES string of the molecule is CC.CC(NC(=O)c1ncnc2c1CCC(=O)N2)C1=CCC(/C=N/c2ncc(Br)cc2N)=NO1. The second-order valence-electron chi connectivity index (χ2n) is 7.10. The largest absolute Gasteiger partial charge is 0.396 e. The molecule has 0 saturated heterocycles. The van der Waals surface area contributed by atoms with Crippen LogP contribution in [0.1, 0.15) is 49.7 Å². The summed E-state index contributed by atoms with van der Waals surface area (Å²) in [6, 6.07) is 1.27. The number of amides is 2. The van der Waals surface area contributed by atoms with Gasteiger partial charge in [-0.1, -0.05) is 19.0 Å². The second-order valence-corrected chi connectivity index (χ2v) is 8.02. The van der Waals surface area contributed by atoms with E-state index in [1.165, 1.54) is 12.5 Å². The van der Waals surface area contributed by atoms with Crippen molar-refractivity contribution in [1.29, 1.82) is 0 Å². The van der Waals surface area contributed by atoms with Crippen LogP contribution in [0.15, 0.2) is 45.0 Å². The van der Waals surface area contributed by atoms with Gasteiger partial charge in [-0.05, 0) is 41.4 Å². The first-order valence-electron chi connectivity index (χ1n) is 10.7. The molecule has 4 heterocycles. The zero-order chi connectivity index (χ0) is 24.7. The van der Waals surface area contributed by atoms with Gasteiger partial charge in [0.15, 0.2) is 11.6 Å². The van der Waals surface area contributed by atoms with Crippen molar-refractivity contribution in [2.75, 3.05) is 11.1 Å². The number of rotatable bonds is 5. The second kappa shape index (κ2) is 11.5. The first-order chi connectivity index (χ1) is 16.4. The van der Waals surface area contributed by atoms with Crippen molar-refractivity contribution >= 4 is 57.0 Å². The van der Waals surface area contributed by atoms with Gasteiger partial charge in [0.05, 0.1) is 17.9 Å². The molecule has 11 nitrogen and oxygen atoms in total. The Bertz CT molecular complexity index is 1180. The summed E-state index contributed by atoms with van der Waals surface area (Å²) >= 11 is 3.30. The number of nitrogens with zero attached hydrogens (tertiary/aromatic N) is 5. The minimum atomic E-state index is -0.447. The van der Waals surface area contributed by atoms with E-state index in [1.54, 1.807) is 19.2 Å². The number of nitrogens with two attached hydrogens (primary N) is 1. The summed E-state index contributed by atoms with van der Waals surface area (Å²) in [6.45, 7) is 5.78. The molecule has 2 aliphatic heterocycles. The zero-order valence-electron chi connectivity index (χ0n) is 19.0. The van der Waals surface area contributed by atoms with Gasteiger partial charge in [-0.3, -0.25) is 9.59 Å². The molecule has 0 saturated carbocycles. The van der Waals surface area contributed by atoms with Gasteiger partial charge in [0.1, 0.15) is 23.6 Å². The van der Waals surface area contributed by atoms with Crippen LogP contribution in [0.5, 0.6) is 0 Å². The number of aliphatic imine (C=N–C) groups is 1. The summed E-state index contributed by atoms with van der Waals surface area (Å²) in [5.74, 6) is 0.734. The molecular weight excluding hydrogens is 504 g/mol. The molecule has 1 unspecified atom stereocenters. The van der Waals surface area contributed by atoms with Crippen LogP contribution in [0.4, 0.5) is 17.3 Å². The molecule has 2 aromatic rings. The standard InChI is InChI=1S/C20H19BrN8O3.C2H6/c1-10(27-20(31)17-13-3-5-16(30)28-18(13)26-9-25-17)15-4-2-12(29-32-15)8-24-19-14(22)6-11(21)7-23-19;1-2/h4,6-10H,2-3,5,22H2,1H3,(H,27,31)(H,25,26,28,30);1-2H3/b24-8+;. The third-order valence-electron chi connectivity index (χ3n) is 4.77. The summed E-state index contributed by atoms with van der Waals surface area (Å²) in [5.41, 5.74) is 7.75. The molecular formula is C22H25BrN8O3. The lowest BCUT2D eigenvalue weighted by Crippen LogP contribution is -2.37. The molecule has 2 amide bonds. The highest BCUT2D eigenvalue weighted by molar-refractivity contribution is 9.10. The molecule has 0 radical (unpaired) electrons. The molecule has 178 valence electrons. The Morgan fingerprint density at radius 2 is 2.12 bits per heavy atom. The van der Waals surface area contributed by atoms with Crippen molar-refractivity contribution in [3.8, 4) is 0 Å². The van der Waals surface area contributed by atoms with Gasteiger partial charge in [0, 0.05) is 29.1 Å². The molecule has 0 bridgehead atoms. The maximum Gasteiger partial charge on any atom is 0.270 e. The summed E-state index contributed by atoms with van der Waals surface area (Å²) in [4.78, 5) is 46.3. The fourth-order valence-corrected chi connectivity index (χ4v) is 3.49. The van der Waals surface area contributed by atoms with Crippen LogP contribution in [-0.2, 0) is 16.1 Å². The van der Waals surface area contributed by atoms with E-state index in [0.29, 0.717) is 47.2 Å². The molecule has 2 aliphatic rings. The maximum absolute atomic E-state index is 12.8. The minimum absolute atomic E-state index is 0.132. The smallest absolute Gasteiger partial charge is 0.270 e. The van der Waals surface area contributed by atoms with Gasteiger partial charge in [0.25, 0.3) is 5.91 Å². The quantitative estimate of drug-likeness (QED) is 0.502. The van der Waals surface area contributed by atoms with E-state index in [4.69, 9.17) is 10.6 Å². The van der Waals surface area contributed by atoms with E-state index in [1.807, 2.05) is 19.9 Å². The van der Waals surface area contributed by atoms with Crippen molar-refractivity contribution in [3.05, 3.63) is 46.2 Å². The zero-order valence-corrected chi connectivity index (χ0v) is 20.6. The highest BCUT2D eigenvalue weighted by Crippen LogP contribution is 2.23. The third kappa shape index (κ3) is 6.01. The van der Waals surface area contributed by atoms with Crippen LogP contribution >= 0.6 is 15.9 Å². The van der Waals surface area contributed by atoms with Crippen molar-refractivity contribution in [2.24, 2.45) is 10.1 Å². The van der Waals surface area contributed by atoms with E-state index in [0.717, 1.165) is 4.47 Å². The number of aromatic nitrogens is 3. The predicted molar refractivity (Wildman–Crippen MR) is 133 cm³/mol. The number of hydrogen-bond donors (Lipinski definition) is 3. The van der Waals surface area contributed by atoms with Crippen LogP contribution in [0, 0.1) is 0 Å².